The monoisotopic (exact) mass is 284 g/mol. The lowest BCUT2D eigenvalue weighted by Crippen LogP contribution is -2.36. The van der Waals surface area contributed by atoms with Gasteiger partial charge in [0.25, 0.3) is 0 Å². The molecule has 0 spiro atoms. The summed E-state index contributed by atoms with van der Waals surface area (Å²) in [5, 5.41) is 8.54. The SMILES string of the molecule is N[C@@H](CCC(=O)OC(=O)[C@@H](N)Cc1cnc[nH]1)C(=O)O. The van der Waals surface area contributed by atoms with Crippen molar-refractivity contribution in [3.05, 3.63) is 18.2 Å². The highest BCUT2D eigenvalue weighted by Gasteiger charge is 2.21. The largest absolute Gasteiger partial charge is 0.480 e. The number of carboxylic acid groups (broad SMARTS) is 1. The van der Waals surface area contributed by atoms with E-state index >= 15 is 0 Å². The van der Waals surface area contributed by atoms with Crippen LogP contribution in [0.1, 0.15) is 18.5 Å². The molecule has 0 aliphatic rings. The van der Waals surface area contributed by atoms with Crippen LogP contribution in [0.15, 0.2) is 12.5 Å². The number of esters is 2. The van der Waals surface area contributed by atoms with E-state index in [1.807, 2.05) is 0 Å². The van der Waals surface area contributed by atoms with Gasteiger partial charge in [-0.15, -0.1) is 0 Å². The highest BCUT2D eigenvalue weighted by Crippen LogP contribution is 2.02. The first kappa shape index (κ1) is 15.8. The molecule has 0 saturated heterocycles. The fourth-order valence-electron chi connectivity index (χ4n) is 1.35. The number of nitrogens with one attached hydrogen (secondary N) is 1. The Labute approximate surface area is 114 Å². The summed E-state index contributed by atoms with van der Waals surface area (Å²) in [6, 6.07) is -2.18. The third kappa shape index (κ3) is 5.16. The summed E-state index contributed by atoms with van der Waals surface area (Å²) in [6.07, 6.45) is 2.71. The van der Waals surface area contributed by atoms with Crippen LogP contribution in [0.2, 0.25) is 0 Å². The van der Waals surface area contributed by atoms with Crippen LogP contribution >= 0.6 is 0 Å². The molecule has 1 aromatic heterocycles. The summed E-state index contributed by atoms with van der Waals surface area (Å²) in [5.41, 5.74) is 11.4. The van der Waals surface area contributed by atoms with Gasteiger partial charge in [-0.3, -0.25) is 9.59 Å². The number of ether oxygens (including phenoxy) is 1. The van der Waals surface area contributed by atoms with Crippen LogP contribution in [0.4, 0.5) is 0 Å². The Kier molecular flexibility index (Phi) is 5.81. The van der Waals surface area contributed by atoms with Gasteiger partial charge in [0.05, 0.1) is 6.33 Å². The molecule has 0 radical (unpaired) electrons. The fraction of sp³-hybridized carbons (Fsp3) is 0.455. The average Bonchev–Trinajstić information content (AvgIpc) is 2.88. The summed E-state index contributed by atoms with van der Waals surface area (Å²) < 4.78 is 4.51. The van der Waals surface area contributed by atoms with Gasteiger partial charge >= 0.3 is 17.9 Å². The van der Waals surface area contributed by atoms with E-state index in [4.69, 9.17) is 16.6 Å². The molecule has 9 nitrogen and oxygen atoms in total. The number of H-pyrrole nitrogens is 1. The number of carboxylic acids is 1. The Morgan fingerprint density at radius 3 is 2.60 bits per heavy atom. The number of carbonyl (C=O) groups excluding carboxylic acids is 2. The molecule has 0 aromatic carbocycles. The number of aromatic amines is 1. The minimum absolute atomic E-state index is 0.114. The van der Waals surface area contributed by atoms with Gasteiger partial charge in [0.1, 0.15) is 12.1 Å². The van der Waals surface area contributed by atoms with Crippen molar-refractivity contribution in [2.75, 3.05) is 0 Å². The summed E-state index contributed by atoms with van der Waals surface area (Å²) in [5.74, 6) is -2.96. The predicted octanol–water partition coefficient (Wildman–Crippen LogP) is -1.46. The van der Waals surface area contributed by atoms with Crippen molar-refractivity contribution in [2.45, 2.75) is 31.3 Å². The maximum atomic E-state index is 11.5. The second kappa shape index (κ2) is 7.36. The fourth-order valence-corrected chi connectivity index (χ4v) is 1.35. The van der Waals surface area contributed by atoms with Crippen molar-refractivity contribution in [1.29, 1.82) is 0 Å². The molecule has 0 saturated carbocycles. The molecule has 2 atom stereocenters. The van der Waals surface area contributed by atoms with Crippen molar-refractivity contribution in [3.63, 3.8) is 0 Å². The molecular formula is C11H16N4O5. The number of imidazole rings is 1. The molecule has 0 fully saturated rings. The van der Waals surface area contributed by atoms with E-state index in [0.29, 0.717) is 5.69 Å². The third-order valence-electron chi connectivity index (χ3n) is 2.49. The van der Waals surface area contributed by atoms with E-state index in [9.17, 15) is 14.4 Å². The number of carbonyl (C=O) groups is 3. The van der Waals surface area contributed by atoms with Crippen molar-refractivity contribution >= 4 is 17.9 Å². The highest BCUT2D eigenvalue weighted by atomic mass is 16.6. The number of nitrogens with two attached hydrogens (primary N) is 2. The quantitative estimate of drug-likeness (QED) is 0.349. The number of aliphatic carboxylic acids is 1. The van der Waals surface area contributed by atoms with E-state index in [-0.39, 0.29) is 19.3 Å². The number of nitrogens with zero attached hydrogens (tertiary/aromatic N) is 1. The number of rotatable bonds is 7. The van der Waals surface area contributed by atoms with Crippen LogP contribution in [-0.4, -0.2) is 45.1 Å². The van der Waals surface area contributed by atoms with Gasteiger partial charge in [-0.25, -0.2) is 9.78 Å². The van der Waals surface area contributed by atoms with Gasteiger partial charge < -0.3 is 26.3 Å². The maximum Gasteiger partial charge on any atom is 0.330 e. The Balaban J connectivity index is 2.33. The van der Waals surface area contributed by atoms with Crippen LogP contribution < -0.4 is 11.5 Å². The van der Waals surface area contributed by atoms with E-state index in [0.717, 1.165) is 0 Å². The molecular weight excluding hydrogens is 268 g/mol. The van der Waals surface area contributed by atoms with Crippen LogP contribution in [0, 0.1) is 0 Å². The molecule has 110 valence electrons. The van der Waals surface area contributed by atoms with Crippen LogP contribution in [-0.2, 0) is 25.5 Å². The van der Waals surface area contributed by atoms with E-state index in [1.54, 1.807) is 0 Å². The van der Waals surface area contributed by atoms with Gasteiger partial charge in [0.15, 0.2) is 0 Å². The lowest BCUT2D eigenvalue weighted by Gasteiger charge is -2.10. The lowest BCUT2D eigenvalue weighted by molar-refractivity contribution is -0.160. The smallest absolute Gasteiger partial charge is 0.330 e. The Hall–Kier alpha value is -2.26. The molecule has 0 aliphatic heterocycles. The van der Waals surface area contributed by atoms with E-state index < -0.39 is 30.0 Å². The van der Waals surface area contributed by atoms with Crippen molar-refractivity contribution in [3.8, 4) is 0 Å². The second-order valence-electron chi connectivity index (χ2n) is 4.16. The van der Waals surface area contributed by atoms with Gasteiger partial charge in [-0.1, -0.05) is 0 Å². The Morgan fingerprint density at radius 2 is 2.05 bits per heavy atom. The zero-order chi connectivity index (χ0) is 15.1. The van der Waals surface area contributed by atoms with Crippen molar-refractivity contribution < 1.29 is 24.2 Å². The first-order chi connectivity index (χ1) is 9.40. The molecule has 0 aliphatic carbocycles. The first-order valence-corrected chi connectivity index (χ1v) is 5.86. The van der Waals surface area contributed by atoms with Crippen molar-refractivity contribution in [2.24, 2.45) is 11.5 Å². The topological polar surface area (TPSA) is 161 Å². The Bertz CT molecular complexity index is 473. The number of hydrogen-bond donors (Lipinski definition) is 4. The van der Waals surface area contributed by atoms with E-state index in [2.05, 4.69) is 14.7 Å². The zero-order valence-electron chi connectivity index (χ0n) is 10.6. The van der Waals surface area contributed by atoms with E-state index in [1.165, 1.54) is 12.5 Å². The Morgan fingerprint density at radius 1 is 1.35 bits per heavy atom. The van der Waals surface area contributed by atoms with Gasteiger partial charge in [0, 0.05) is 24.7 Å². The van der Waals surface area contributed by atoms with Crippen LogP contribution in [0.5, 0.6) is 0 Å². The van der Waals surface area contributed by atoms with Crippen LogP contribution in [0.25, 0.3) is 0 Å². The van der Waals surface area contributed by atoms with Gasteiger partial charge in [0.2, 0.25) is 0 Å². The minimum atomic E-state index is -1.22. The molecule has 9 heteroatoms. The minimum Gasteiger partial charge on any atom is -0.480 e. The number of hydrogen-bond acceptors (Lipinski definition) is 7. The molecule has 1 aromatic rings. The average molecular weight is 284 g/mol. The second-order valence-corrected chi connectivity index (χ2v) is 4.16. The van der Waals surface area contributed by atoms with Gasteiger partial charge in [-0.05, 0) is 6.42 Å². The highest BCUT2D eigenvalue weighted by molar-refractivity contribution is 5.88. The molecule has 6 N–H and O–H groups in total. The molecule has 0 bridgehead atoms. The van der Waals surface area contributed by atoms with Crippen molar-refractivity contribution in [1.82, 2.24) is 9.97 Å². The standard InChI is InChI=1S/C11H16N4O5/c12-7(10(17)18)1-2-9(16)20-11(19)8(13)3-6-4-14-5-15-6/h4-5,7-8H,1-3,12-13H2,(H,14,15)(H,17,18)/t7-,8-/m0/s1. The summed E-state index contributed by atoms with van der Waals surface area (Å²) >= 11 is 0. The normalized spacial score (nSPS) is 13.5. The maximum absolute atomic E-state index is 11.5. The number of aromatic nitrogens is 2. The predicted molar refractivity (Wildman–Crippen MR) is 66.2 cm³/mol. The molecule has 1 rings (SSSR count). The summed E-state index contributed by atoms with van der Waals surface area (Å²) in [7, 11) is 0. The molecule has 1 heterocycles. The lowest BCUT2D eigenvalue weighted by atomic mass is 10.1. The molecule has 0 amide bonds. The molecule has 0 unspecified atom stereocenters. The first-order valence-electron chi connectivity index (χ1n) is 5.86. The van der Waals surface area contributed by atoms with Gasteiger partial charge in [-0.2, -0.15) is 0 Å². The van der Waals surface area contributed by atoms with Crippen LogP contribution in [0.3, 0.4) is 0 Å². The third-order valence-corrected chi connectivity index (χ3v) is 2.49. The molecule has 20 heavy (non-hydrogen) atoms. The zero-order valence-corrected chi connectivity index (χ0v) is 10.6. The summed E-state index contributed by atoms with van der Waals surface area (Å²) in [6.45, 7) is 0. The summed E-state index contributed by atoms with van der Waals surface area (Å²) in [4.78, 5) is 39.8.